The van der Waals surface area contributed by atoms with Crippen LogP contribution < -0.4 is 0 Å². The minimum Gasteiger partial charge on any atom is -0.384 e. The average Bonchev–Trinajstić information content (AvgIpc) is 2.67. The van der Waals surface area contributed by atoms with E-state index in [0.29, 0.717) is 15.6 Å². The molecule has 0 bridgehead atoms. The van der Waals surface area contributed by atoms with Crippen LogP contribution in [0.3, 0.4) is 0 Å². The second-order valence-corrected chi connectivity index (χ2v) is 4.12. The second-order valence-electron chi connectivity index (χ2n) is 3.25. The average molecular weight is 242 g/mol. The van der Waals surface area contributed by atoms with Crippen molar-refractivity contribution in [3.05, 3.63) is 57.8 Å². The smallest absolute Gasteiger partial charge is 0.106 e. The van der Waals surface area contributed by atoms with E-state index in [2.05, 4.69) is 4.98 Å². The Labute approximate surface area is 97.5 Å². The lowest BCUT2D eigenvalue weighted by atomic mass is 10.0. The summed E-state index contributed by atoms with van der Waals surface area (Å²) in [7, 11) is 0. The third-order valence-corrected chi connectivity index (χ3v) is 2.57. The van der Waals surface area contributed by atoms with E-state index in [1.54, 1.807) is 36.7 Å². The quantitative estimate of drug-likeness (QED) is 0.831. The maximum atomic E-state index is 9.99. The molecule has 15 heavy (non-hydrogen) atoms. The van der Waals surface area contributed by atoms with Gasteiger partial charge in [0.2, 0.25) is 0 Å². The molecule has 1 aromatic carbocycles. The summed E-state index contributed by atoms with van der Waals surface area (Å²) in [5.41, 5.74) is 1.47. The molecule has 2 N–H and O–H groups in total. The zero-order valence-corrected chi connectivity index (χ0v) is 9.26. The molecule has 2 rings (SSSR count). The first-order chi connectivity index (χ1) is 7.16. The topological polar surface area (TPSA) is 36.0 Å². The number of aromatic nitrogens is 1. The van der Waals surface area contributed by atoms with Crippen molar-refractivity contribution in [2.45, 2.75) is 6.10 Å². The number of aromatic amines is 1. The first kappa shape index (κ1) is 10.6. The number of aliphatic hydroxyl groups excluding tert-OH is 1. The van der Waals surface area contributed by atoms with E-state index in [-0.39, 0.29) is 0 Å². The Balaban J connectivity index is 2.37. The number of rotatable bonds is 2. The van der Waals surface area contributed by atoms with Crippen molar-refractivity contribution in [3.63, 3.8) is 0 Å². The first-order valence-electron chi connectivity index (χ1n) is 4.43. The molecule has 0 fully saturated rings. The highest BCUT2D eigenvalue weighted by atomic mass is 35.5. The summed E-state index contributed by atoms with van der Waals surface area (Å²) < 4.78 is 0. The lowest BCUT2D eigenvalue weighted by Crippen LogP contribution is -1.97. The molecule has 1 aromatic heterocycles. The molecule has 0 saturated carbocycles. The van der Waals surface area contributed by atoms with E-state index in [0.717, 1.165) is 5.56 Å². The molecular formula is C11H9Cl2NO. The number of H-pyrrole nitrogens is 1. The van der Waals surface area contributed by atoms with Gasteiger partial charge in [-0.15, -0.1) is 0 Å². The lowest BCUT2D eigenvalue weighted by Gasteiger charge is -2.09. The molecule has 0 aliphatic heterocycles. The van der Waals surface area contributed by atoms with Crippen molar-refractivity contribution in [1.82, 2.24) is 4.98 Å². The Morgan fingerprint density at radius 3 is 2.27 bits per heavy atom. The Hall–Kier alpha value is -0.960. The van der Waals surface area contributed by atoms with Crippen LogP contribution in [0.2, 0.25) is 10.0 Å². The normalized spacial score (nSPS) is 12.7. The third kappa shape index (κ3) is 2.34. The summed E-state index contributed by atoms with van der Waals surface area (Å²) in [6.45, 7) is 0. The molecule has 0 aliphatic carbocycles. The van der Waals surface area contributed by atoms with Gasteiger partial charge in [0.1, 0.15) is 6.10 Å². The van der Waals surface area contributed by atoms with E-state index < -0.39 is 6.10 Å². The molecule has 0 amide bonds. The van der Waals surface area contributed by atoms with Crippen LogP contribution in [-0.2, 0) is 0 Å². The van der Waals surface area contributed by atoms with Crippen molar-refractivity contribution in [1.29, 1.82) is 0 Å². The van der Waals surface area contributed by atoms with Crippen molar-refractivity contribution < 1.29 is 5.11 Å². The van der Waals surface area contributed by atoms with Gasteiger partial charge in [0.05, 0.1) is 0 Å². The van der Waals surface area contributed by atoms with Crippen molar-refractivity contribution >= 4 is 23.2 Å². The summed E-state index contributed by atoms with van der Waals surface area (Å²) in [5.74, 6) is 0. The van der Waals surface area contributed by atoms with Gasteiger partial charge in [0.25, 0.3) is 0 Å². The fourth-order valence-corrected chi connectivity index (χ4v) is 1.98. The highest BCUT2D eigenvalue weighted by molar-refractivity contribution is 6.34. The number of benzene rings is 1. The SMILES string of the molecule is OC(c1cc[nH]c1)c1cc(Cl)cc(Cl)c1. The molecule has 0 spiro atoms. The molecule has 0 saturated heterocycles. The first-order valence-corrected chi connectivity index (χ1v) is 5.19. The van der Waals surface area contributed by atoms with Gasteiger partial charge < -0.3 is 10.1 Å². The minimum atomic E-state index is -0.701. The van der Waals surface area contributed by atoms with Crippen LogP contribution in [0.4, 0.5) is 0 Å². The Kier molecular flexibility index (Phi) is 3.00. The van der Waals surface area contributed by atoms with Crippen LogP contribution in [0.1, 0.15) is 17.2 Å². The molecule has 0 radical (unpaired) electrons. The maximum absolute atomic E-state index is 9.99. The minimum absolute atomic E-state index is 0.520. The second kappa shape index (κ2) is 4.27. The molecule has 1 atom stereocenters. The van der Waals surface area contributed by atoms with E-state index in [1.807, 2.05) is 0 Å². The summed E-state index contributed by atoms with van der Waals surface area (Å²) in [6, 6.07) is 6.84. The van der Waals surface area contributed by atoms with E-state index in [1.165, 1.54) is 0 Å². The van der Waals surface area contributed by atoms with E-state index in [9.17, 15) is 5.11 Å². The van der Waals surface area contributed by atoms with Crippen LogP contribution in [0.5, 0.6) is 0 Å². The van der Waals surface area contributed by atoms with Crippen molar-refractivity contribution in [2.24, 2.45) is 0 Å². The van der Waals surface area contributed by atoms with E-state index in [4.69, 9.17) is 23.2 Å². The van der Waals surface area contributed by atoms with Crippen LogP contribution in [0.15, 0.2) is 36.7 Å². The molecule has 0 aliphatic rings. The van der Waals surface area contributed by atoms with Gasteiger partial charge in [-0.25, -0.2) is 0 Å². The summed E-state index contributed by atoms with van der Waals surface area (Å²) in [5, 5.41) is 11.0. The summed E-state index contributed by atoms with van der Waals surface area (Å²) >= 11 is 11.7. The third-order valence-electron chi connectivity index (χ3n) is 2.14. The van der Waals surface area contributed by atoms with Crippen molar-refractivity contribution in [3.8, 4) is 0 Å². The lowest BCUT2D eigenvalue weighted by molar-refractivity contribution is 0.220. The predicted octanol–water partition coefficient (Wildman–Crippen LogP) is 3.40. The zero-order valence-electron chi connectivity index (χ0n) is 7.74. The Morgan fingerprint density at radius 2 is 1.73 bits per heavy atom. The molecular weight excluding hydrogens is 233 g/mol. The molecule has 2 aromatic rings. The van der Waals surface area contributed by atoms with Gasteiger partial charge in [0, 0.05) is 28.0 Å². The van der Waals surface area contributed by atoms with Crippen molar-refractivity contribution in [2.75, 3.05) is 0 Å². The molecule has 2 nitrogen and oxygen atoms in total. The van der Waals surface area contributed by atoms with Gasteiger partial charge in [-0.05, 0) is 29.8 Å². The Bertz CT molecular complexity index is 433. The molecule has 4 heteroatoms. The van der Waals surface area contributed by atoms with Gasteiger partial charge in [0.15, 0.2) is 0 Å². The number of halogens is 2. The van der Waals surface area contributed by atoms with Gasteiger partial charge in [-0.1, -0.05) is 23.2 Å². The van der Waals surface area contributed by atoms with Gasteiger partial charge in [-0.3, -0.25) is 0 Å². The van der Waals surface area contributed by atoms with Gasteiger partial charge >= 0.3 is 0 Å². The fraction of sp³-hybridized carbons (Fsp3) is 0.0909. The predicted molar refractivity (Wildman–Crippen MR) is 61.3 cm³/mol. The van der Waals surface area contributed by atoms with E-state index >= 15 is 0 Å². The monoisotopic (exact) mass is 241 g/mol. The fourth-order valence-electron chi connectivity index (χ4n) is 1.43. The Morgan fingerprint density at radius 1 is 1.07 bits per heavy atom. The highest BCUT2D eigenvalue weighted by Crippen LogP contribution is 2.27. The van der Waals surface area contributed by atoms with Crippen LogP contribution in [0.25, 0.3) is 0 Å². The number of nitrogens with one attached hydrogen (secondary N) is 1. The standard InChI is InChI=1S/C11H9Cl2NO/c12-9-3-8(4-10(13)5-9)11(15)7-1-2-14-6-7/h1-6,11,14-15H. The summed E-state index contributed by atoms with van der Waals surface area (Å²) in [6.07, 6.45) is 2.79. The molecule has 1 unspecified atom stereocenters. The van der Waals surface area contributed by atoms with Crippen LogP contribution >= 0.6 is 23.2 Å². The molecule has 78 valence electrons. The van der Waals surface area contributed by atoms with Crippen LogP contribution in [0, 0.1) is 0 Å². The highest BCUT2D eigenvalue weighted by Gasteiger charge is 2.11. The largest absolute Gasteiger partial charge is 0.384 e. The zero-order chi connectivity index (χ0) is 10.8. The number of hydrogen-bond donors (Lipinski definition) is 2. The van der Waals surface area contributed by atoms with Crippen LogP contribution in [-0.4, -0.2) is 10.1 Å². The van der Waals surface area contributed by atoms with Gasteiger partial charge in [-0.2, -0.15) is 0 Å². The summed E-state index contributed by atoms with van der Waals surface area (Å²) in [4.78, 5) is 2.88. The number of aliphatic hydroxyl groups is 1. The molecule has 1 heterocycles. The number of hydrogen-bond acceptors (Lipinski definition) is 1. The maximum Gasteiger partial charge on any atom is 0.106 e.